The SMILES string of the molecule is CCC(CC)n1c(Cc2cccs2)nc2cc(C(=O)C[C@@H](CC(C)C)C(=O)NC3CCN(Cc4ccccn4)CC3)ccc21. The van der Waals surface area contributed by atoms with Crippen LogP contribution in [-0.4, -0.2) is 50.3 Å². The van der Waals surface area contributed by atoms with Crippen LogP contribution in [0.3, 0.4) is 0 Å². The third-order valence-electron chi connectivity index (χ3n) is 8.91. The molecule has 1 aliphatic heterocycles. The number of carbonyl (C=O) groups is 2. The van der Waals surface area contributed by atoms with E-state index in [0.717, 1.165) is 74.3 Å². The molecule has 0 bridgehead atoms. The smallest absolute Gasteiger partial charge is 0.223 e. The minimum Gasteiger partial charge on any atom is -0.353 e. The van der Waals surface area contributed by atoms with Gasteiger partial charge in [-0.2, -0.15) is 0 Å². The summed E-state index contributed by atoms with van der Waals surface area (Å²) in [6, 6.07) is 16.7. The Bertz CT molecular complexity index is 1500. The number of pyridine rings is 1. The first-order chi connectivity index (χ1) is 21.3. The highest BCUT2D eigenvalue weighted by Gasteiger charge is 2.28. The maximum atomic E-state index is 13.7. The van der Waals surface area contributed by atoms with Crippen molar-refractivity contribution in [3.63, 3.8) is 0 Å². The first kappa shape index (κ1) is 32.0. The Kier molecular flexibility index (Phi) is 11.0. The molecule has 8 heteroatoms. The summed E-state index contributed by atoms with van der Waals surface area (Å²) in [4.78, 5) is 40.4. The van der Waals surface area contributed by atoms with Crippen molar-refractivity contribution in [1.82, 2.24) is 24.8 Å². The van der Waals surface area contributed by atoms with Crippen LogP contribution in [0.1, 0.15) is 99.0 Å². The number of nitrogens with zero attached hydrogens (tertiary/aromatic N) is 4. The summed E-state index contributed by atoms with van der Waals surface area (Å²) < 4.78 is 2.37. The van der Waals surface area contributed by atoms with Crippen molar-refractivity contribution in [3.8, 4) is 0 Å². The molecule has 1 amide bonds. The fourth-order valence-corrected chi connectivity index (χ4v) is 7.25. The molecule has 1 atom stereocenters. The molecule has 0 radical (unpaired) electrons. The molecule has 0 aliphatic carbocycles. The van der Waals surface area contributed by atoms with E-state index in [1.165, 1.54) is 4.88 Å². The maximum Gasteiger partial charge on any atom is 0.223 e. The predicted molar refractivity (Wildman–Crippen MR) is 179 cm³/mol. The van der Waals surface area contributed by atoms with Crippen molar-refractivity contribution in [1.29, 1.82) is 0 Å². The first-order valence-electron chi connectivity index (χ1n) is 16.3. The number of likely N-dealkylation sites (tertiary alicyclic amines) is 1. The summed E-state index contributed by atoms with van der Waals surface area (Å²) in [5.41, 5.74) is 3.65. The normalized spacial score (nSPS) is 15.3. The Balaban J connectivity index is 1.26. The fourth-order valence-electron chi connectivity index (χ4n) is 6.55. The van der Waals surface area contributed by atoms with Crippen molar-refractivity contribution in [2.24, 2.45) is 11.8 Å². The summed E-state index contributed by atoms with van der Waals surface area (Å²) in [5, 5.41) is 5.41. The number of piperidine rings is 1. The average Bonchev–Trinajstić information content (AvgIpc) is 3.66. The lowest BCUT2D eigenvalue weighted by Gasteiger charge is -2.33. The predicted octanol–water partition coefficient (Wildman–Crippen LogP) is 7.46. The third kappa shape index (κ3) is 8.02. The lowest BCUT2D eigenvalue weighted by atomic mass is 9.89. The van der Waals surface area contributed by atoms with Gasteiger partial charge in [0.15, 0.2) is 5.78 Å². The molecule has 0 spiro atoms. The molecule has 1 fully saturated rings. The van der Waals surface area contributed by atoms with Crippen LogP contribution in [0, 0.1) is 11.8 Å². The van der Waals surface area contributed by atoms with Crippen molar-refractivity contribution < 1.29 is 9.59 Å². The molecule has 1 N–H and O–H groups in total. The van der Waals surface area contributed by atoms with Gasteiger partial charge in [-0.1, -0.05) is 39.8 Å². The number of thiophene rings is 1. The number of nitrogens with one attached hydrogen (secondary N) is 1. The number of Topliss-reactive ketones (excluding diaryl/α,β-unsaturated/α-hetero) is 1. The van der Waals surface area contributed by atoms with Crippen LogP contribution in [0.5, 0.6) is 0 Å². The van der Waals surface area contributed by atoms with E-state index in [4.69, 9.17) is 4.98 Å². The van der Waals surface area contributed by atoms with E-state index in [1.54, 1.807) is 11.3 Å². The zero-order chi connectivity index (χ0) is 31.1. The van der Waals surface area contributed by atoms with Crippen molar-refractivity contribution in [2.45, 2.75) is 91.3 Å². The Morgan fingerprint density at radius 3 is 2.50 bits per heavy atom. The number of carbonyl (C=O) groups excluding carboxylic acids is 2. The molecule has 1 aliphatic rings. The molecule has 4 heterocycles. The zero-order valence-electron chi connectivity index (χ0n) is 26.7. The second-order valence-corrected chi connectivity index (χ2v) is 13.7. The van der Waals surface area contributed by atoms with Gasteiger partial charge in [-0.25, -0.2) is 4.98 Å². The average molecular weight is 614 g/mol. The number of rotatable bonds is 14. The minimum absolute atomic E-state index is 0.00699. The van der Waals surface area contributed by atoms with Crippen LogP contribution in [0.4, 0.5) is 0 Å². The summed E-state index contributed by atoms with van der Waals surface area (Å²) in [6.45, 7) is 11.4. The molecule has 7 nitrogen and oxygen atoms in total. The van der Waals surface area contributed by atoms with Gasteiger partial charge >= 0.3 is 0 Å². The fraction of sp³-hybridized carbons (Fsp3) is 0.500. The van der Waals surface area contributed by atoms with Gasteiger partial charge in [-0.3, -0.25) is 19.5 Å². The maximum absolute atomic E-state index is 13.7. The van der Waals surface area contributed by atoms with Gasteiger partial charge in [0, 0.05) is 67.1 Å². The Labute approximate surface area is 266 Å². The molecule has 0 saturated carbocycles. The number of ketones is 1. The van der Waals surface area contributed by atoms with E-state index in [1.807, 2.05) is 30.5 Å². The molecular formula is C36H47N5O2S. The molecule has 5 rings (SSSR count). The van der Waals surface area contributed by atoms with Crippen LogP contribution in [0.2, 0.25) is 0 Å². The number of hydrogen-bond donors (Lipinski definition) is 1. The van der Waals surface area contributed by atoms with E-state index >= 15 is 0 Å². The number of amides is 1. The van der Waals surface area contributed by atoms with Gasteiger partial charge in [0.2, 0.25) is 5.91 Å². The Morgan fingerprint density at radius 2 is 1.84 bits per heavy atom. The minimum atomic E-state index is -0.346. The lowest BCUT2D eigenvalue weighted by Crippen LogP contribution is -2.46. The van der Waals surface area contributed by atoms with Gasteiger partial charge in [0.25, 0.3) is 0 Å². The molecule has 1 saturated heterocycles. The Morgan fingerprint density at radius 1 is 1.05 bits per heavy atom. The highest BCUT2D eigenvalue weighted by Crippen LogP contribution is 2.29. The van der Waals surface area contributed by atoms with Crippen molar-refractivity contribution in [3.05, 3.63) is 82.1 Å². The highest BCUT2D eigenvalue weighted by atomic mass is 32.1. The Hall–Kier alpha value is -3.36. The number of imidazole rings is 1. The molecule has 44 heavy (non-hydrogen) atoms. The third-order valence-corrected chi connectivity index (χ3v) is 9.79. The molecule has 0 unspecified atom stereocenters. The van der Waals surface area contributed by atoms with Gasteiger partial charge in [0.05, 0.1) is 16.7 Å². The van der Waals surface area contributed by atoms with E-state index in [-0.39, 0.29) is 30.1 Å². The first-order valence-corrected chi connectivity index (χ1v) is 17.2. The summed E-state index contributed by atoms with van der Waals surface area (Å²) in [7, 11) is 0. The van der Waals surface area contributed by atoms with Crippen LogP contribution < -0.4 is 5.32 Å². The lowest BCUT2D eigenvalue weighted by molar-refractivity contribution is -0.126. The standard InChI is InChI=1S/C36H47N5O2S/c1-5-30(6-2)41-33-13-12-26(21-32(33)39-35(41)23-31-11-9-19-44-31)34(42)22-27(20-25(3)4)36(43)38-28-14-17-40(18-15-28)24-29-10-7-8-16-37-29/h7-13,16,19,21,25,27-28,30H,5-6,14-15,17-18,20,22-24H2,1-4H3,(H,38,43)/t27-/m1/s1. The van der Waals surface area contributed by atoms with E-state index < -0.39 is 0 Å². The van der Waals surface area contributed by atoms with Gasteiger partial charge in [0.1, 0.15) is 5.82 Å². The molecule has 1 aromatic carbocycles. The van der Waals surface area contributed by atoms with Crippen LogP contribution in [-0.2, 0) is 17.8 Å². The topological polar surface area (TPSA) is 80.1 Å². The summed E-state index contributed by atoms with van der Waals surface area (Å²) >= 11 is 1.75. The molecule has 4 aromatic rings. The van der Waals surface area contributed by atoms with E-state index in [9.17, 15) is 9.59 Å². The second kappa shape index (κ2) is 15.1. The van der Waals surface area contributed by atoms with E-state index in [2.05, 4.69) is 77.1 Å². The van der Waals surface area contributed by atoms with Gasteiger partial charge in [-0.05, 0) is 79.8 Å². The number of benzene rings is 1. The summed E-state index contributed by atoms with van der Waals surface area (Å²) in [6.07, 6.45) is 7.38. The van der Waals surface area contributed by atoms with E-state index in [0.29, 0.717) is 23.9 Å². The molecule has 234 valence electrons. The van der Waals surface area contributed by atoms with Gasteiger partial charge in [-0.15, -0.1) is 11.3 Å². The quantitative estimate of drug-likeness (QED) is 0.149. The van der Waals surface area contributed by atoms with Crippen LogP contribution in [0.25, 0.3) is 11.0 Å². The van der Waals surface area contributed by atoms with Gasteiger partial charge < -0.3 is 9.88 Å². The van der Waals surface area contributed by atoms with Crippen LogP contribution in [0.15, 0.2) is 60.1 Å². The van der Waals surface area contributed by atoms with Crippen molar-refractivity contribution in [2.75, 3.05) is 13.1 Å². The second-order valence-electron chi connectivity index (χ2n) is 12.7. The molecule has 3 aromatic heterocycles. The largest absolute Gasteiger partial charge is 0.353 e. The van der Waals surface area contributed by atoms with Crippen LogP contribution >= 0.6 is 11.3 Å². The zero-order valence-corrected chi connectivity index (χ0v) is 27.5. The monoisotopic (exact) mass is 613 g/mol. The molecular weight excluding hydrogens is 566 g/mol. The number of fused-ring (bicyclic) bond motifs is 1. The van der Waals surface area contributed by atoms with Crippen molar-refractivity contribution >= 4 is 34.1 Å². The number of aromatic nitrogens is 3. The highest BCUT2D eigenvalue weighted by molar-refractivity contribution is 7.09. The number of hydrogen-bond acceptors (Lipinski definition) is 6. The summed E-state index contributed by atoms with van der Waals surface area (Å²) in [5.74, 6) is 1.03.